The first-order chi connectivity index (χ1) is 12.8. The van der Waals surface area contributed by atoms with Crippen LogP contribution < -0.4 is 5.56 Å². The lowest BCUT2D eigenvalue weighted by Gasteiger charge is -2.10. The molecule has 1 aromatic heterocycles. The van der Waals surface area contributed by atoms with Crippen molar-refractivity contribution in [2.75, 3.05) is 0 Å². The van der Waals surface area contributed by atoms with Gasteiger partial charge in [-0.1, -0.05) is 6.07 Å². The number of aromatic nitrogens is 1. The summed E-state index contributed by atoms with van der Waals surface area (Å²) in [5, 5.41) is 0. The number of hydrogen-bond acceptors (Lipinski definition) is 3. The number of nitrogens with zero attached hydrogens (tertiary/aromatic N) is 1. The van der Waals surface area contributed by atoms with Crippen LogP contribution in [-0.2, 0) is 0 Å². The van der Waals surface area contributed by atoms with Gasteiger partial charge in [0.15, 0.2) is 0 Å². The molecule has 0 saturated carbocycles. The van der Waals surface area contributed by atoms with E-state index in [9.17, 15) is 31.9 Å². The first-order valence-electron chi connectivity index (χ1n) is 7.51. The van der Waals surface area contributed by atoms with Crippen LogP contribution in [0.15, 0.2) is 59.5 Å². The quantitative estimate of drug-likeness (QED) is 0.399. The number of benzene rings is 2. The van der Waals surface area contributed by atoms with Crippen molar-refractivity contribution >= 4 is 11.6 Å². The molecule has 0 bridgehead atoms. The van der Waals surface area contributed by atoms with Gasteiger partial charge >= 0.3 is 0 Å². The average Bonchev–Trinajstić information content (AvgIpc) is 2.62. The molecule has 0 radical (unpaired) electrons. The molecule has 3 rings (SSSR count). The van der Waals surface area contributed by atoms with E-state index in [-0.39, 0.29) is 0 Å². The number of carbonyl (C=O) groups excluding carboxylic acids is 2. The van der Waals surface area contributed by atoms with E-state index in [1.807, 2.05) is 0 Å². The second-order valence-electron chi connectivity index (χ2n) is 5.48. The fraction of sp³-hybridized carbons (Fsp3) is 0. The molecule has 4 nitrogen and oxygen atoms in total. The van der Waals surface area contributed by atoms with Gasteiger partial charge in [0.2, 0.25) is 11.6 Å². The maximum absolute atomic E-state index is 13.9. The summed E-state index contributed by atoms with van der Waals surface area (Å²) in [6, 6.07) is 6.78. The highest BCUT2D eigenvalue weighted by Crippen LogP contribution is 2.17. The van der Waals surface area contributed by atoms with Crippen molar-refractivity contribution in [1.29, 1.82) is 0 Å². The maximum atomic E-state index is 13.9. The molecule has 1 heterocycles. The van der Waals surface area contributed by atoms with Gasteiger partial charge in [-0.3, -0.25) is 19.0 Å². The highest BCUT2D eigenvalue weighted by Gasteiger charge is 2.23. The third kappa shape index (κ3) is 3.41. The Hall–Kier alpha value is -3.55. The Morgan fingerprint density at radius 3 is 2.07 bits per heavy atom. The highest BCUT2D eigenvalue weighted by molar-refractivity contribution is 6.49. The van der Waals surface area contributed by atoms with E-state index in [0.717, 1.165) is 48.7 Å². The second-order valence-corrected chi connectivity index (χ2v) is 5.48. The van der Waals surface area contributed by atoms with Gasteiger partial charge in [-0.25, -0.2) is 17.6 Å². The second kappa shape index (κ2) is 6.99. The Labute approximate surface area is 149 Å². The summed E-state index contributed by atoms with van der Waals surface area (Å²) in [5.41, 5.74) is -2.64. The van der Waals surface area contributed by atoms with Crippen molar-refractivity contribution in [3.8, 4) is 5.69 Å². The minimum atomic E-state index is -1.30. The maximum Gasteiger partial charge on any atom is 0.255 e. The fourth-order valence-corrected chi connectivity index (χ4v) is 2.44. The monoisotopic (exact) mass is 375 g/mol. The molecule has 0 aliphatic heterocycles. The molecule has 0 N–H and O–H groups in total. The molecule has 3 aromatic rings. The van der Waals surface area contributed by atoms with Gasteiger partial charge in [0.05, 0.1) is 5.56 Å². The minimum absolute atomic E-state index is 0.397. The predicted molar refractivity (Wildman–Crippen MR) is 87.0 cm³/mol. The fourth-order valence-electron chi connectivity index (χ4n) is 2.44. The van der Waals surface area contributed by atoms with Gasteiger partial charge in [0.25, 0.3) is 5.56 Å². The number of ketones is 2. The first kappa shape index (κ1) is 18.2. The standard InChI is InChI=1S/C19H9F4NO3/c20-11-5-6-12(15(23)8-11)19(27)18(26)10-4-7-16(25)24(9-10)17-13(21)2-1-3-14(17)22/h1-9H. The number of para-hydroxylation sites is 1. The molecule has 136 valence electrons. The lowest BCUT2D eigenvalue weighted by molar-refractivity contribution is 0.0814. The number of hydrogen-bond donors (Lipinski definition) is 0. The van der Waals surface area contributed by atoms with Crippen molar-refractivity contribution in [3.63, 3.8) is 0 Å². The summed E-state index contributed by atoms with van der Waals surface area (Å²) in [4.78, 5) is 36.5. The molecule has 0 atom stereocenters. The zero-order valence-corrected chi connectivity index (χ0v) is 13.4. The molecule has 0 spiro atoms. The Balaban J connectivity index is 2.07. The molecule has 2 aromatic carbocycles. The van der Waals surface area contributed by atoms with E-state index in [0.29, 0.717) is 10.6 Å². The van der Waals surface area contributed by atoms with Gasteiger partial charge in [0, 0.05) is 23.9 Å². The summed E-state index contributed by atoms with van der Waals surface area (Å²) >= 11 is 0. The molecule has 27 heavy (non-hydrogen) atoms. The third-order valence-electron chi connectivity index (χ3n) is 3.73. The van der Waals surface area contributed by atoms with E-state index in [2.05, 4.69) is 0 Å². The van der Waals surface area contributed by atoms with Crippen LogP contribution in [0.1, 0.15) is 20.7 Å². The molecular weight excluding hydrogens is 366 g/mol. The average molecular weight is 375 g/mol. The molecule has 0 saturated heterocycles. The van der Waals surface area contributed by atoms with Crippen LogP contribution in [0, 0.1) is 23.3 Å². The number of carbonyl (C=O) groups is 2. The molecule has 0 aliphatic rings. The Morgan fingerprint density at radius 2 is 1.44 bits per heavy atom. The number of Topliss-reactive ketones (excluding diaryl/α,β-unsaturated/α-hetero) is 2. The zero-order valence-electron chi connectivity index (χ0n) is 13.4. The van der Waals surface area contributed by atoms with Crippen molar-refractivity contribution in [1.82, 2.24) is 4.57 Å². The summed E-state index contributed by atoms with van der Waals surface area (Å²) < 4.78 is 55.1. The lowest BCUT2D eigenvalue weighted by Crippen LogP contribution is -2.23. The van der Waals surface area contributed by atoms with Crippen LogP contribution in [-0.4, -0.2) is 16.1 Å². The Morgan fingerprint density at radius 1 is 0.778 bits per heavy atom. The molecular formula is C19H9F4NO3. The van der Waals surface area contributed by atoms with Crippen LogP contribution in [0.4, 0.5) is 17.6 Å². The SMILES string of the molecule is O=C(C(=O)c1ccc(F)cc1F)c1ccc(=O)n(-c2c(F)cccc2F)c1. The van der Waals surface area contributed by atoms with Crippen LogP contribution >= 0.6 is 0 Å². The van der Waals surface area contributed by atoms with Gasteiger partial charge < -0.3 is 0 Å². The van der Waals surface area contributed by atoms with Gasteiger partial charge in [-0.15, -0.1) is 0 Å². The number of rotatable bonds is 4. The number of pyridine rings is 1. The van der Waals surface area contributed by atoms with E-state index in [1.54, 1.807) is 0 Å². The topological polar surface area (TPSA) is 56.1 Å². The van der Waals surface area contributed by atoms with E-state index < -0.39 is 57.2 Å². The Bertz CT molecular complexity index is 1120. The zero-order chi connectivity index (χ0) is 19.7. The highest BCUT2D eigenvalue weighted by atomic mass is 19.1. The van der Waals surface area contributed by atoms with Crippen molar-refractivity contribution in [2.45, 2.75) is 0 Å². The predicted octanol–water partition coefficient (Wildman–Crippen LogP) is 3.46. The summed E-state index contributed by atoms with van der Waals surface area (Å²) in [6.07, 6.45) is 0.783. The largest absolute Gasteiger partial charge is 0.285 e. The number of halogens is 4. The van der Waals surface area contributed by atoms with Crippen molar-refractivity contribution in [2.24, 2.45) is 0 Å². The van der Waals surface area contributed by atoms with Crippen LogP contribution in [0.3, 0.4) is 0 Å². The van der Waals surface area contributed by atoms with Crippen LogP contribution in [0.5, 0.6) is 0 Å². The molecule has 8 heteroatoms. The molecule has 0 fully saturated rings. The van der Waals surface area contributed by atoms with E-state index in [1.165, 1.54) is 0 Å². The van der Waals surface area contributed by atoms with Crippen LogP contribution in [0.25, 0.3) is 5.69 Å². The summed E-state index contributed by atoms with van der Waals surface area (Å²) in [6.45, 7) is 0. The van der Waals surface area contributed by atoms with E-state index in [4.69, 9.17) is 0 Å². The van der Waals surface area contributed by atoms with Gasteiger partial charge in [0.1, 0.15) is 29.0 Å². The lowest BCUT2D eigenvalue weighted by atomic mass is 10.0. The van der Waals surface area contributed by atoms with Crippen molar-refractivity contribution in [3.05, 3.63) is 99.5 Å². The first-order valence-corrected chi connectivity index (χ1v) is 7.51. The van der Waals surface area contributed by atoms with E-state index >= 15 is 0 Å². The molecule has 0 amide bonds. The molecule has 0 aliphatic carbocycles. The summed E-state index contributed by atoms with van der Waals surface area (Å²) in [5.74, 6) is -6.81. The van der Waals surface area contributed by atoms with Gasteiger partial charge in [-0.05, 0) is 30.3 Å². The normalized spacial score (nSPS) is 10.7. The Kier molecular flexibility index (Phi) is 4.72. The van der Waals surface area contributed by atoms with Crippen molar-refractivity contribution < 1.29 is 27.2 Å². The smallest absolute Gasteiger partial charge is 0.255 e. The summed E-state index contributed by atoms with van der Waals surface area (Å²) in [7, 11) is 0. The minimum Gasteiger partial charge on any atom is -0.285 e. The van der Waals surface area contributed by atoms with Gasteiger partial charge in [-0.2, -0.15) is 0 Å². The van der Waals surface area contributed by atoms with Crippen LogP contribution in [0.2, 0.25) is 0 Å². The molecule has 0 unspecified atom stereocenters. The third-order valence-corrected chi connectivity index (χ3v) is 3.73.